The summed E-state index contributed by atoms with van der Waals surface area (Å²) in [6, 6.07) is 5.83. The zero-order valence-corrected chi connectivity index (χ0v) is 13.1. The van der Waals surface area contributed by atoms with E-state index < -0.39 is 0 Å². The SMILES string of the molecule is CCCCN(CC(N)=O)Cc1cc(OC)ccc1Br. The summed E-state index contributed by atoms with van der Waals surface area (Å²) in [5.74, 6) is 0.517. The van der Waals surface area contributed by atoms with Gasteiger partial charge in [0.2, 0.25) is 5.91 Å². The number of unbranched alkanes of at least 4 members (excludes halogenated alkanes) is 1. The number of carbonyl (C=O) groups is 1. The molecule has 0 saturated carbocycles. The number of ether oxygens (including phenoxy) is 1. The number of rotatable bonds is 8. The Hall–Kier alpha value is -1.07. The van der Waals surface area contributed by atoms with Gasteiger partial charge in [-0.25, -0.2) is 0 Å². The summed E-state index contributed by atoms with van der Waals surface area (Å²) < 4.78 is 6.24. The summed E-state index contributed by atoms with van der Waals surface area (Å²) in [5, 5.41) is 0. The van der Waals surface area contributed by atoms with Crippen molar-refractivity contribution in [3.05, 3.63) is 28.2 Å². The second-order valence-electron chi connectivity index (χ2n) is 4.49. The predicted octanol–water partition coefficient (Wildman–Crippen LogP) is 2.55. The zero-order chi connectivity index (χ0) is 14.3. The number of benzene rings is 1. The van der Waals surface area contributed by atoms with E-state index in [1.807, 2.05) is 18.2 Å². The van der Waals surface area contributed by atoms with Gasteiger partial charge in [-0.1, -0.05) is 29.3 Å². The molecule has 106 valence electrons. The van der Waals surface area contributed by atoms with E-state index in [0.29, 0.717) is 6.54 Å². The van der Waals surface area contributed by atoms with E-state index >= 15 is 0 Å². The van der Waals surface area contributed by atoms with Crippen LogP contribution in [0.15, 0.2) is 22.7 Å². The van der Waals surface area contributed by atoms with Crippen LogP contribution in [0.25, 0.3) is 0 Å². The van der Waals surface area contributed by atoms with Crippen molar-refractivity contribution in [3.63, 3.8) is 0 Å². The van der Waals surface area contributed by atoms with E-state index in [9.17, 15) is 4.79 Å². The van der Waals surface area contributed by atoms with Crippen molar-refractivity contribution in [3.8, 4) is 5.75 Å². The summed E-state index contributed by atoms with van der Waals surface area (Å²) in [7, 11) is 1.64. The molecule has 4 nitrogen and oxygen atoms in total. The fourth-order valence-electron chi connectivity index (χ4n) is 1.86. The largest absolute Gasteiger partial charge is 0.497 e. The number of hydrogen-bond acceptors (Lipinski definition) is 3. The molecule has 1 aromatic carbocycles. The fraction of sp³-hybridized carbons (Fsp3) is 0.500. The Balaban J connectivity index is 2.78. The minimum atomic E-state index is -0.296. The van der Waals surface area contributed by atoms with Crippen LogP contribution in [0.3, 0.4) is 0 Å². The molecule has 0 aliphatic rings. The molecule has 0 saturated heterocycles. The van der Waals surface area contributed by atoms with Crippen molar-refractivity contribution < 1.29 is 9.53 Å². The van der Waals surface area contributed by atoms with Gasteiger partial charge >= 0.3 is 0 Å². The monoisotopic (exact) mass is 328 g/mol. The van der Waals surface area contributed by atoms with Crippen molar-refractivity contribution in [2.24, 2.45) is 5.73 Å². The molecular weight excluding hydrogens is 308 g/mol. The number of primary amides is 1. The van der Waals surface area contributed by atoms with Gasteiger partial charge in [-0.3, -0.25) is 9.69 Å². The maximum Gasteiger partial charge on any atom is 0.231 e. The minimum Gasteiger partial charge on any atom is -0.497 e. The molecule has 0 bridgehead atoms. The molecule has 5 heteroatoms. The second-order valence-corrected chi connectivity index (χ2v) is 5.34. The first kappa shape index (κ1) is 16.0. The normalized spacial score (nSPS) is 10.7. The van der Waals surface area contributed by atoms with Crippen LogP contribution < -0.4 is 10.5 Å². The standard InChI is InChI=1S/C14H21BrN2O2/c1-3-4-7-17(10-14(16)18)9-11-8-12(19-2)5-6-13(11)15/h5-6,8H,3-4,7,9-10H2,1-2H3,(H2,16,18). The molecule has 19 heavy (non-hydrogen) atoms. The van der Waals surface area contributed by atoms with Crippen molar-refractivity contribution in [2.75, 3.05) is 20.2 Å². The molecule has 0 aromatic heterocycles. The van der Waals surface area contributed by atoms with Gasteiger partial charge in [0.25, 0.3) is 0 Å². The molecule has 0 unspecified atom stereocenters. The molecule has 0 radical (unpaired) electrons. The average Bonchev–Trinajstić information content (AvgIpc) is 2.37. The fourth-order valence-corrected chi connectivity index (χ4v) is 2.23. The van der Waals surface area contributed by atoms with E-state index in [0.717, 1.165) is 35.2 Å². The molecule has 1 aromatic rings. The third-order valence-corrected chi connectivity index (χ3v) is 3.63. The van der Waals surface area contributed by atoms with Gasteiger partial charge in [-0.15, -0.1) is 0 Å². The van der Waals surface area contributed by atoms with Gasteiger partial charge in [-0.2, -0.15) is 0 Å². The number of carbonyl (C=O) groups excluding carboxylic acids is 1. The van der Waals surface area contributed by atoms with Gasteiger partial charge in [-0.05, 0) is 36.7 Å². The summed E-state index contributed by atoms with van der Waals surface area (Å²) in [5.41, 5.74) is 6.39. The summed E-state index contributed by atoms with van der Waals surface area (Å²) in [6.45, 7) is 3.96. The lowest BCUT2D eigenvalue weighted by molar-refractivity contribution is -0.119. The Bertz CT molecular complexity index is 424. The lowest BCUT2D eigenvalue weighted by Gasteiger charge is -2.21. The van der Waals surface area contributed by atoms with Crippen LogP contribution >= 0.6 is 15.9 Å². The summed E-state index contributed by atoms with van der Waals surface area (Å²) >= 11 is 3.52. The van der Waals surface area contributed by atoms with E-state index in [2.05, 4.69) is 27.8 Å². The maximum atomic E-state index is 11.1. The highest BCUT2D eigenvalue weighted by Crippen LogP contribution is 2.23. The lowest BCUT2D eigenvalue weighted by atomic mass is 10.2. The lowest BCUT2D eigenvalue weighted by Crippen LogP contribution is -2.34. The molecule has 0 aliphatic carbocycles. The Labute approximate surface area is 123 Å². The first-order valence-electron chi connectivity index (χ1n) is 6.40. The van der Waals surface area contributed by atoms with Crippen LogP contribution in [0, 0.1) is 0 Å². The molecule has 0 atom stereocenters. The van der Waals surface area contributed by atoms with Gasteiger partial charge in [0.05, 0.1) is 13.7 Å². The second kappa shape index (κ2) is 8.17. The van der Waals surface area contributed by atoms with Gasteiger partial charge in [0.1, 0.15) is 5.75 Å². The third kappa shape index (κ3) is 5.61. The first-order valence-corrected chi connectivity index (χ1v) is 7.19. The highest BCUT2D eigenvalue weighted by atomic mass is 79.9. The van der Waals surface area contributed by atoms with Crippen molar-refractivity contribution in [1.82, 2.24) is 4.90 Å². The number of nitrogens with zero attached hydrogens (tertiary/aromatic N) is 1. The number of hydrogen-bond donors (Lipinski definition) is 1. The van der Waals surface area contributed by atoms with Gasteiger partial charge < -0.3 is 10.5 Å². The van der Waals surface area contributed by atoms with Crippen LogP contribution in [0.5, 0.6) is 5.75 Å². The molecule has 1 rings (SSSR count). The van der Waals surface area contributed by atoms with Crippen LogP contribution in [-0.4, -0.2) is 31.0 Å². The number of nitrogens with two attached hydrogens (primary N) is 1. The van der Waals surface area contributed by atoms with Crippen molar-refractivity contribution in [2.45, 2.75) is 26.3 Å². The molecule has 0 spiro atoms. The molecule has 2 N–H and O–H groups in total. The Kier molecular flexibility index (Phi) is 6.87. The highest BCUT2D eigenvalue weighted by Gasteiger charge is 2.11. The summed E-state index contributed by atoms with van der Waals surface area (Å²) in [6.07, 6.45) is 2.14. The van der Waals surface area contributed by atoms with E-state index in [-0.39, 0.29) is 12.5 Å². The Morgan fingerprint density at radius 3 is 2.79 bits per heavy atom. The number of amides is 1. The summed E-state index contributed by atoms with van der Waals surface area (Å²) in [4.78, 5) is 13.2. The Morgan fingerprint density at radius 2 is 2.21 bits per heavy atom. The smallest absolute Gasteiger partial charge is 0.231 e. The average molecular weight is 329 g/mol. The van der Waals surface area contributed by atoms with E-state index in [1.165, 1.54) is 0 Å². The van der Waals surface area contributed by atoms with E-state index in [4.69, 9.17) is 10.5 Å². The van der Waals surface area contributed by atoms with Gasteiger partial charge in [0.15, 0.2) is 0 Å². The number of halogens is 1. The molecule has 1 amide bonds. The zero-order valence-electron chi connectivity index (χ0n) is 11.5. The van der Waals surface area contributed by atoms with E-state index in [1.54, 1.807) is 7.11 Å². The highest BCUT2D eigenvalue weighted by molar-refractivity contribution is 9.10. The maximum absolute atomic E-state index is 11.1. The van der Waals surface area contributed by atoms with Crippen molar-refractivity contribution in [1.29, 1.82) is 0 Å². The Morgan fingerprint density at radius 1 is 1.47 bits per heavy atom. The van der Waals surface area contributed by atoms with Crippen LogP contribution in [0.1, 0.15) is 25.3 Å². The first-order chi connectivity index (χ1) is 9.06. The molecule has 0 heterocycles. The molecule has 0 aliphatic heterocycles. The third-order valence-electron chi connectivity index (χ3n) is 2.85. The minimum absolute atomic E-state index is 0.281. The van der Waals surface area contributed by atoms with Crippen LogP contribution in [-0.2, 0) is 11.3 Å². The molecular formula is C14H21BrN2O2. The quantitative estimate of drug-likeness (QED) is 0.797. The predicted molar refractivity (Wildman–Crippen MR) is 80.1 cm³/mol. The van der Waals surface area contributed by atoms with Crippen LogP contribution in [0.4, 0.5) is 0 Å². The number of methoxy groups -OCH3 is 1. The van der Waals surface area contributed by atoms with Gasteiger partial charge in [0, 0.05) is 11.0 Å². The van der Waals surface area contributed by atoms with Crippen LogP contribution in [0.2, 0.25) is 0 Å². The molecule has 0 fully saturated rings. The van der Waals surface area contributed by atoms with Crippen molar-refractivity contribution >= 4 is 21.8 Å². The topological polar surface area (TPSA) is 55.6 Å².